The lowest BCUT2D eigenvalue weighted by atomic mass is 9.89. The van der Waals surface area contributed by atoms with Gasteiger partial charge in [-0.25, -0.2) is 9.38 Å². The highest BCUT2D eigenvalue weighted by atomic mass is 19.1. The molecule has 10 heteroatoms. The van der Waals surface area contributed by atoms with Gasteiger partial charge in [0, 0.05) is 42.7 Å². The van der Waals surface area contributed by atoms with Crippen molar-refractivity contribution in [2.75, 3.05) is 50.7 Å². The molecule has 0 saturated carbocycles. The molecular weight excluding hydrogens is 479 g/mol. The minimum atomic E-state index is -0.533. The molecule has 1 aliphatic rings. The number of aliphatic imine (C=N–C) groups is 1. The maximum atomic E-state index is 15.0. The Morgan fingerprint density at radius 1 is 1.14 bits per heavy atom. The molecule has 1 heterocycles. The number of methoxy groups -OCH3 is 1. The molecule has 0 unspecified atom stereocenters. The summed E-state index contributed by atoms with van der Waals surface area (Å²) in [5.41, 5.74) is 1.07. The SMILES string of the molecule is C=c1cc(OCCOC)cc(F)/c1=C(/N=C\C)Nc1ccc(NC(=O)CC(=O)NCC2(C)COC2)cc1. The zero-order valence-electron chi connectivity index (χ0n) is 21.4. The van der Waals surface area contributed by atoms with Crippen molar-refractivity contribution in [2.45, 2.75) is 20.3 Å². The first-order valence-electron chi connectivity index (χ1n) is 11.9. The van der Waals surface area contributed by atoms with E-state index in [4.69, 9.17) is 14.2 Å². The number of benzene rings is 2. The molecule has 3 N–H and O–H groups in total. The summed E-state index contributed by atoms with van der Waals surface area (Å²) >= 11 is 0. The Morgan fingerprint density at radius 2 is 1.81 bits per heavy atom. The predicted octanol–water partition coefficient (Wildman–Crippen LogP) is 2.01. The number of nitrogens with one attached hydrogen (secondary N) is 3. The van der Waals surface area contributed by atoms with Gasteiger partial charge in [0.2, 0.25) is 11.8 Å². The molecular formula is C27H33FN4O5. The average molecular weight is 513 g/mol. The van der Waals surface area contributed by atoms with E-state index in [2.05, 4.69) is 27.5 Å². The second-order valence-electron chi connectivity index (χ2n) is 9.02. The average Bonchev–Trinajstić information content (AvgIpc) is 2.82. The van der Waals surface area contributed by atoms with Crippen LogP contribution in [0.3, 0.4) is 0 Å². The molecule has 0 radical (unpaired) electrons. The second kappa shape index (κ2) is 13.0. The van der Waals surface area contributed by atoms with Crippen LogP contribution in [0.15, 0.2) is 41.4 Å². The molecule has 1 aliphatic heterocycles. The monoisotopic (exact) mass is 512 g/mol. The number of halogens is 1. The minimum absolute atomic E-state index is 0.0654. The van der Waals surface area contributed by atoms with Crippen molar-refractivity contribution < 1.29 is 28.2 Å². The van der Waals surface area contributed by atoms with E-state index in [0.29, 0.717) is 55.3 Å². The normalized spacial score (nSPS) is 15.0. The summed E-state index contributed by atoms with van der Waals surface area (Å²) in [5.74, 6) is -0.682. The lowest BCUT2D eigenvalue weighted by molar-refractivity contribution is -0.130. The first-order valence-corrected chi connectivity index (χ1v) is 11.9. The van der Waals surface area contributed by atoms with Crippen molar-refractivity contribution in [3.8, 4) is 5.75 Å². The van der Waals surface area contributed by atoms with E-state index in [1.54, 1.807) is 50.6 Å². The van der Waals surface area contributed by atoms with Gasteiger partial charge in [0.25, 0.3) is 0 Å². The number of amides is 2. The van der Waals surface area contributed by atoms with E-state index < -0.39 is 11.7 Å². The quantitative estimate of drug-likeness (QED) is 0.228. The van der Waals surface area contributed by atoms with Gasteiger partial charge < -0.3 is 30.2 Å². The van der Waals surface area contributed by atoms with E-state index in [1.165, 1.54) is 6.07 Å². The maximum absolute atomic E-state index is 15.0. The highest BCUT2D eigenvalue weighted by Crippen LogP contribution is 2.25. The topological polar surface area (TPSA) is 110 Å². The van der Waals surface area contributed by atoms with Crippen molar-refractivity contribution in [1.29, 1.82) is 0 Å². The fourth-order valence-electron chi connectivity index (χ4n) is 3.57. The highest BCUT2D eigenvalue weighted by molar-refractivity contribution is 6.03. The van der Waals surface area contributed by atoms with Crippen LogP contribution in [0.5, 0.6) is 5.75 Å². The van der Waals surface area contributed by atoms with Gasteiger partial charge in [0.15, 0.2) is 0 Å². The van der Waals surface area contributed by atoms with Gasteiger partial charge >= 0.3 is 0 Å². The van der Waals surface area contributed by atoms with Crippen LogP contribution >= 0.6 is 0 Å². The highest BCUT2D eigenvalue weighted by Gasteiger charge is 2.33. The fourth-order valence-corrected chi connectivity index (χ4v) is 3.57. The Labute approximate surface area is 215 Å². The lowest BCUT2D eigenvalue weighted by Crippen LogP contribution is -2.48. The summed E-state index contributed by atoms with van der Waals surface area (Å²) in [5, 5.41) is 9.18. The van der Waals surface area contributed by atoms with Gasteiger partial charge in [0.05, 0.1) is 25.0 Å². The van der Waals surface area contributed by atoms with E-state index in [0.717, 1.165) is 0 Å². The summed E-state index contributed by atoms with van der Waals surface area (Å²) < 4.78 is 30.6. The zero-order chi connectivity index (χ0) is 26.8. The Kier molecular flexibility index (Phi) is 9.76. The molecule has 2 aromatic carbocycles. The van der Waals surface area contributed by atoms with Gasteiger partial charge in [-0.2, -0.15) is 0 Å². The summed E-state index contributed by atoms with van der Waals surface area (Å²) in [7, 11) is 1.56. The Hall–Kier alpha value is -3.76. The largest absolute Gasteiger partial charge is 0.491 e. The third-order valence-electron chi connectivity index (χ3n) is 5.56. The number of ether oxygens (including phenoxy) is 3. The van der Waals surface area contributed by atoms with Gasteiger partial charge in [-0.15, -0.1) is 0 Å². The number of anilines is 2. The van der Waals surface area contributed by atoms with Crippen molar-refractivity contribution in [3.63, 3.8) is 0 Å². The molecule has 1 saturated heterocycles. The number of carbonyl (C=O) groups is 2. The van der Waals surface area contributed by atoms with E-state index in [9.17, 15) is 14.0 Å². The Morgan fingerprint density at radius 3 is 2.38 bits per heavy atom. The number of hydrogen-bond donors (Lipinski definition) is 3. The molecule has 198 valence electrons. The molecule has 2 aromatic rings. The van der Waals surface area contributed by atoms with Gasteiger partial charge in [-0.3, -0.25) is 9.59 Å². The maximum Gasteiger partial charge on any atom is 0.233 e. The van der Waals surface area contributed by atoms with Crippen molar-refractivity contribution in [3.05, 3.63) is 52.7 Å². The van der Waals surface area contributed by atoms with E-state index in [1.807, 2.05) is 6.92 Å². The summed E-state index contributed by atoms with van der Waals surface area (Å²) in [6, 6.07) is 9.68. The van der Waals surface area contributed by atoms with Crippen LogP contribution in [0.2, 0.25) is 0 Å². The van der Waals surface area contributed by atoms with Crippen LogP contribution in [0.25, 0.3) is 12.4 Å². The third-order valence-corrected chi connectivity index (χ3v) is 5.56. The van der Waals surface area contributed by atoms with Crippen molar-refractivity contribution >= 4 is 41.8 Å². The molecule has 3 rings (SSSR count). The molecule has 9 nitrogen and oxygen atoms in total. The van der Waals surface area contributed by atoms with Crippen LogP contribution in [-0.4, -0.2) is 58.1 Å². The standard InChI is InChI=1S/C27H33FN4O5/c1-5-29-26(25-18(2)12-21(13-22(25)28)37-11-10-35-4)32-20-8-6-19(7-9-20)31-24(34)14-23(33)30-15-27(3)16-36-17-27/h5-9,12-13,32H,2,10-11,14-17H2,1,3-4H3,(H,30,33)(H,31,34)/b26-25-,29-5-. The molecule has 37 heavy (non-hydrogen) atoms. The molecule has 0 aromatic heterocycles. The number of rotatable bonds is 12. The first-order chi connectivity index (χ1) is 17.7. The molecule has 0 atom stereocenters. The molecule has 0 aliphatic carbocycles. The molecule has 0 spiro atoms. The number of nitrogens with zero attached hydrogens (tertiary/aromatic N) is 1. The molecule has 0 bridgehead atoms. The minimum Gasteiger partial charge on any atom is -0.491 e. The molecule has 2 amide bonds. The van der Waals surface area contributed by atoms with Gasteiger partial charge in [0.1, 0.15) is 30.4 Å². The first kappa shape index (κ1) is 27.8. The van der Waals surface area contributed by atoms with Crippen LogP contribution in [0.4, 0.5) is 15.8 Å². The van der Waals surface area contributed by atoms with Gasteiger partial charge in [-0.1, -0.05) is 13.5 Å². The second-order valence-corrected chi connectivity index (χ2v) is 9.02. The fraction of sp³-hybridized carbons (Fsp3) is 0.370. The lowest BCUT2D eigenvalue weighted by Gasteiger charge is -2.37. The predicted molar refractivity (Wildman–Crippen MR) is 141 cm³/mol. The smallest absolute Gasteiger partial charge is 0.233 e. The summed E-state index contributed by atoms with van der Waals surface area (Å²) in [4.78, 5) is 28.6. The van der Waals surface area contributed by atoms with Gasteiger partial charge in [-0.05, 0) is 42.5 Å². The van der Waals surface area contributed by atoms with Crippen molar-refractivity contribution in [1.82, 2.24) is 5.32 Å². The summed E-state index contributed by atoms with van der Waals surface area (Å²) in [6.45, 7) is 10.0. The van der Waals surface area contributed by atoms with Crippen molar-refractivity contribution in [2.24, 2.45) is 10.4 Å². The summed E-state index contributed by atoms with van der Waals surface area (Å²) in [6.07, 6.45) is 1.26. The van der Waals surface area contributed by atoms with E-state index in [-0.39, 0.29) is 28.8 Å². The van der Waals surface area contributed by atoms with Crippen LogP contribution in [0.1, 0.15) is 20.3 Å². The number of carbonyl (C=O) groups excluding carboxylic acids is 2. The Bertz CT molecular complexity index is 1240. The van der Waals surface area contributed by atoms with E-state index >= 15 is 0 Å². The van der Waals surface area contributed by atoms with Crippen LogP contribution in [-0.2, 0) is 19.1 Å². The zero-order valence-corrected chi connectivity index (χ0v) is 21.4. The van der Waals surface area contributed by atoms with Crippen LogP contribution in [0, 0.1) is 11.2 Å². The third kappa shape index (κ3) is 8.12. The Balaban J connectivity index is 1.65. The van der Waals surface area contributed by atoms with Crippen LogP contribution < -0.4 is 31.1 Å². The number of hydrogen-bond acceptors (Lipinski definition) is 7. The molecule has 1 fully saturated rings.